The molecule has 1 amide bonds. The fourth-order valence-electron chi connectivity index (χ4n) is 1.37. The number of pyridine rings is 1. The minimum atomic E-state index is -0.108. The van der Waals surface area contributed by atoms with E-state index in [1.165, 1.54) is 0 Å². The normalized spacial score (nSPS) is 9.94. The van der Waals surface area contributed by atoms with Crippen LogP contribution in [0.15, 0.2) is 30.5 Å². The number of aromatic nitrogens is 1. The van der Waals surface area contributed by atoms with Crippen LogP contribution in [0.4, 0.5) is 0 Å². The van der Waals surface area contributed by atoms with Gasteiger partial charge in [0.25, 0.3) is 5.91 Å². The highest BCUT2D eigenvalue weighted by Crippen LogP contribution is 2.14. The van der Waals surface area contributed by atoms with E-state index in [1.54, 1.807) is 23.2 Å². The summed E-state index contributed by atoms with van der Waals surface area (Å²) in [6.07, 6.45) is 1.56. The Morgan fingerprint density at radius 2 is 2.31 bits per heavy atom. The van der Waals surface area contributed by atoms with E-state index in [4.69, 9.17) is 11.6 Å². The molecule has 0 saturated carbocycles. The molecule has 0 fully saturated rings. The average Bonchev–Trinajstić information content (AvgIpc) is 2.25. The van der Waals surface area contributed by atoms with Gasteiger partial charge in [-0.05, 0) is 26.0 Å². The van der Waals surface area contributed by atoms with E-state index in [0.29, 0.717) is 18.7 Å². The average molecular weight is 239 g/mol. The van der Waals surface area contributed by atoms with Gasteiger partial charge >= 0.3 is 0 Å². The quantitative estimate of drug-likeness (QED) is 0.597. The molecule has 0 aromatic carbocycles. The molecule has 1 heterocycles. The third-order valence-corrected chi connectivity index (χ3v) is 2.42. The molecule has 0 N–H and O–H groups in total. The maximum absolute atomic E-state index is 12.1. The summed E-state index contributed by atoms with van der Waals surface area (Å²) < 4.78 is 0. The molecule has 1 aromatic heterocycles. The second kappa shape index (κ2) is 5.66. The molecule has 0 bridgehead atoms. The predicted molar refractivity (Wildman–Crippen MR) is 65.6 cm³/mol. The number of hydrogen-bond donors (Lipinski definition) is 0. The Bertz CT molecular complexity index is 404. The van der Waals surface area contributed by atoms with Crippen LogP contribution in [0, 0.1) is 0 Å². The van der Waals surface area contributed by atoms with Gasteiger partial charge in [0.05, 0.1) is 5.56 Å². The molecule has 0 aliphatic carbocycles. The summed E-state index contributed by atoms with van der Waals surface area (Å²) in [5, 5.41) is 0.243. The van der Waals surface area contributed by atoms with E-state index in [0.717, 1.165) is 5.57 Å². The number of likely N-dealkylation sites (N-methyl/N-ethyl adjacent to an activating group) is 1. The van der Waals surface area contributed by atoms with Crippen molar-refractivity contribution in [3.8, 4) is 0 Å². The van der Waals surface area contributed by atoms with Crippen molar-refractivity contribution in [1.29, 1.82) is 0 Å². The zero-order valence-electron chi connectivity index (χ0n) is 9.53. The summed E-state index contributed by atoms with van der Waals surface area (Å²) >= 11 is 5.88. The third kappa shape index (κ3) is 3.07. The van der Waals surface area contributed by atoms with Crippen molar-refractivity contribution in [2.75, 3.05) is 13.1 Å². The van der Waals surface area contributed by atoms with Crippen molar-refractivity contribution >= 4 is 17.5 Å². The number of halogens is 1. The summed E-state index contributed by atoms with van der Waals surface area (Å²) in [6, 6.07) is 3.38. The van der Waals surface area contributed by atoms with Crippen molar-refractivity contribution in [2.24, 2.45) is 0 Å². The number of hydrogen-bond acceptors (Lipinski definition) is 2. The standard InChI is InChI=1S/C12H15ClN2O/c1-4-15(8-9(2)3)12(16)10-6-5-7-14-11(10)13/h5-7H,2,4,8H2,1,3H3. The summed E-state index contributed by atoms with van der Waals surface area (Å²) in [5.74, 6) is -0.108. The third-order valence-electron chi connectivity index (χ3n) is 2.12. The van der Waals surface area contributed by atoms with Crippen LogP contribution in [0.1, 0.15) is 24.2 Å². The highest BCUT2D eigenvalue weighted by atomic mass is 35.5. The summed E-state index contributed by atoms with van der Waals surface area (Å²) in [6.45, 7) is 8.77. The van der Waals surface area contributed by atoms with Crippen molar-refractivity contribution in [3.05, 3.63) is 41.2 Å². The Kier molecular flexibility index (Phi) is 4.50. The molecule has 0 aliphatic heterocycles. The monoisotopic (exact) mass is 238 g/mol. The lowest BCUT2D eigenvalue weighted by molar-refractivity contribution is 0.0778. The Hall–Kier alpha value is -1.35. The summed E-state index contributed by atoms with van der Waals surface area (Å²) in [4.78, 5) is 17.7. The Morgan fingerprint density at radius 1 is 1.62 bits per heavy atom. The second-order valence-electron chi connectivity index (χ2n) is 3.62. The molecule has 0 spiro atoms. The van der Waals surface area contributed by atoms with Crippen LogP contribution in [0.3, 0.4) is 0 Å². The van der Waals surface area contributed by atoms with Crippen molar-refractivity contribution in [1.82, 2.24) is 9.88 Å². The zero-order chi connectivity index (χ0) is 12.1. The van der Waals surface area contributed by atoms with E-state index in [1.807, 2.05) is 13.8 Å². The van der Waals surface area contributed by atoms with Crippen molar-refractivity contribution in [2.45, 2.75) is 13.8 Å². The van der Waals surface area contributed by atoms with Crippen LogP contribution in [0.25, 0.3) is 0 Å². The first-order valence-corrected chi connectivity index (χ1v) is 5.48. The second-order valence-corrected chi connectivity index (χ2v) is 3.98. The SMILES string of the molecule is C=C(C)CN(CC)C(=O)c1cccnc1Cl. The summed E-state index contributed by atoms with van der Waals surface area (Å²) in [7, 11) is 0. The summed E-state index contributed by atoms with van der Waals surface area (Å²) in [5.41, 5.74) is 1.38. The molecule has 0 atom stereocenters. The number of carbonyl (C=O) groups excluding carboxylic acids is 1. The van der Waals surface area contributed by atoms with Crippen LogP contribution in [-0.2, 0) is 0 Å². The molecule has 4 heteroatoms. The first kappa shape index (κ1) is 12.7. The smallest absolute Gasteiger partial charge is 0.257 e. The van der Waals surface area contributed by atoms with E-state index in [9.17, 15) is 4.79 Å². The number of nitrogens with zero attached hydrogens (tertiary/aromatic N) is 2. The Morgan fingerprint density at radius 3 is 2.81 bits per heavy atom. The van der Waals surface area contributed by atoms with Crippen molar-refractivity contribution in [3.63, 3.8) is 0 Å². The Balaban J connectivity index is 2.91. The zero-order valence-corrected chi connectivity index (χ0v) is 10.3. The number of rotatable bonds is 4. The van der Waals surface area contributed by atoms with Crippen LogP contribution in [0.2, 0.25) is 5.15 Å². The van der Waals surface area contributed by atoms with Gasteiger partial charge in [-0.15, -0.1) is 0 Å². The molecule has 3 nitrogen and oxygen atoms in total. The van der Waals surface area contributed by atoms with Gasteiger partial charge in [-0.2, -0.15) is 0 Å². The van der Waals surface area contributed by atoms with Crippen LogP contribution in [-0.4, -0.2) is 28.9 Å². The van der Waals surface area contributed by atoms with Gasteiger partial charge in [0.15, 0.2) is 0 Å². The molecule has 0 unspecified atom stereocenters. The maximum atomic E-state index is 12.1. The first-order chi connectivity index (χ1) is 7.56. The maximum Gasteiger partial charge on any atom is 0.257 e. The molecular formula is C12H15ClN2O. The van der Waals surface area contributed by atoms with Crippen LogP contribution < -0.4 is 0 Å². The van der Waals surface area contributed by atoms with Gasteiger partial charge < -0.3 is 4.90 Å². The fourth-order valence-corrected chi connectivity index (χ4v) is 1.57. The Labute approximate surface area is 101 Å². The van der Waals surface area contributed by atoms with Gasteiger partial charge in [0.2, 0.25) is 0 Å². The van der Waals surface area contributed by atoms with Gasteiger partial charge in [-0.1, -0.05) is 23.8 Å². The first-order valence-electron chi connectivity index (χ1n) is 5.10. The van der Waals surface area contributed by atoms with Crippen molar-refractivity contribution < 1.29 is 4.79 Å². The van der Waals surface area contributed by atoms with E-state index < -0.39 is 0 Å². The lowest BCUT2D eigenvalue weighted by Gasteiger charge is -2.21. The minimum Gasteiger partial charge on any atom is -0.335 e. The molecular weight excluding hydrogens is 224 g/mol. The predicted octanol–water partition coefficient (Wildman–Crippen LogP) is 2.77. The molecule has 0 radical (unpaired) electrons. The molecule has 86 valence electrons. The highest BCUT2D eigenvalue weighted by Gasteiger charge is 2.17. The van der Waals surface area contributed by atoms with Gasteiger partial charge in [0, 0.05) is 19.3 Å². The molecule has 1 rings (SSSR count). The minimum absolute atomic E-state index is 0.108. The van der Waals surface area contributed by atoms with Gasteiger partial charge in [-0.25, -0.2) is 4.98 Å². The number of amides is 1. The van der Waals surface area contributed by atoms with Gasteiger partial charge in [-0.3, -0.25) is 4.79 Å². The topological polar surface area (TPSA) is 33.2 Å². The fraction of sp³-hybridized carbons (Fsp3) is 0.333. The van der Waals surface area contributed by atoms with E-state index in [2.05, 4.69) is 11.6 Å². The number of carbonyl (C=O) groups is 1. The lowest BCUT2D eigenvalue weighted by atomic mass is 10.2. The molecule has 1 aromatic rings. The van der Waals surface area contributed by atoms with Crippen LogP contribution >= 0.6 is 11.6 Å². The highest BCUT2D eigenvalue weighted by molar-refractivity contribution is 6.32. The van der Waals surface area contributed by atoms with Gasteiger partial charge in [0.1, 0.15) is 5.15 Å². The largest absolute Gasteiger partial charge is 0.335 e. The molecule has 16 heavy (non-hydrogen) atoms. The van der Waals surface area contributed by atoms with E-state index in [-0.39, 0.29) is 11.1 Å². The van der Waals surface area contributed by atoms with Crippen LogP contribution in [0.5, 0.6) is 0 Å². The lowest BCUT2D eigenvalue weighted by Crippen LogP contribution is -2.32. The van der Waals surface area contributed by atoms with E-state index >= 15 is 0 Å². The molecule has 0 saturated heterocycles. The molecule has 0 aliphatic rings.